The number of aromatic amines is 1. The van der Waals surface area contributed by atoms with Crippen LogP contribution in [-0.2, 0) is 19.3 Å². The number of aromatic nitrogens is 3. The number of anilines is 1. The van der Waals surface area contributed by atoms with Crippen molar-refractivity contribution < 1.29 is 0 Å². The van der Waals surface area contributed by atoms with E-state index in [1.807, 2.05) is 11.3 Å². The Kier molecular flexibility index (Phi) is 3.67. The molecule has 0 bridgehead atoms. The lowest BCUT2D eigenvalue weighted by Crippen LogP contribution is -2.07. The van der Waals surface area contributed by atoms with E-state index in [0.717, 1.165) is 23.6 Å². The van der Waals surface area contributed by atoms with Crippen LogP contribution in [0.2, 0.25) is 0 Å². The summed E-state index contributed by atoms with van der Waals surface area (Å²) in [5, 5.41) is 6.14. The zero-order valence-corrected chi connectivity index (χ0v) is 14.8. The van der Waals surface area contributed by atoms with E-state index < -0.39 is 0 Å². The molecule has 0 saturated heterocycles. The van der Waals surface area contributed by atoms with Gasteiger partial charge in [0.05, 0.1) is 5.39 Å². The summed E-state index contributed by atoms with van der Waals surface area (Å²) in [6, 6.07) is 8.47. The van der Waals surface area contributed by atoms with Crippen molar-refractivity contribution in [3.8, 4) is 0 Å². The summed E-state index contributed by atoms with van der Waals surface area (Å²) in [7, 11) is 0. The normalized spacial score (nSPS) is 14.1. The highest BCUT2D eigenvalue weighted by molar-refractivity contribution is 7.19. The van der Waals surface area contributed by atoms with Gasteiger partial charge in [-0.15, -0.1) is 11.3 Å². The largest absolute Gasteiger partial charge is 0.369 e. The van der Waals surface area contributed by atoms with Crippen molar-refractivity contribution >= 4 is 38.3 Å². The summed E-state index contributed by atoms with van der Waals surface area (Å²) >= 11 is 1.85. The molecule has 4 nitrogen and oxygen atoms in total. The van der Waals surface area contributed by atoms with E-state index in [1.165, 1.54) is 58.0 Å². The number of benzene rings is 1. The number of para-hydroxylation sites is 1. The summed E-state index contributed by atoms with van der Waals surface area (Å²) in [5.74, 6) is 1.00. The molecule has 0 saturated carbocycles. The van der Waals surface area contributed by atoms with Gasteiger partial charge in [-0.1, -0.05) is 18.2 Å². The maximum Gasteiger partial charge on any atom is 0.138 e. The molecule has 0 atom stereocenters. The lowest BCUT2D eigenvalue weighted by Gasteiger charge is -2.12. The Labute approximate surface area is 150 Å². The molecule has 1 aliphatic rings. The Hall–Kier alpha value is -2.40. The Morgan fingerprint density at radius 1 is 1.12 bits per heavy atom. The fourth-order valence-corrected chi connectivity index (χ4v) is 5.11. The van der Waals surface area contributed by atoms with E-state index in [9.17, 15) is 0 Å². The third-order valence-corrected chi connectivity index (χ3v) is 6.31. The van der Waals surface area contributed by atoms with E-state index in [-0.39, 0.29) is 0 Å². The van der Waals surface area contributed by atoms with Gasteiger partial charge in [0, 0.05) is 28.5 Å². The topological polar surface area (TPSA) is 53.6 Å². The molecule has 4 aromatic rings. The molecule has 5 heteroatoms. The number of hydrogen-bond acceptors (Lipinski definition) is 4. The lowest BCUT2D eigenvalue weighted by atomic mass is 9.97. The van der Waals surface area contributed by atoms with E-state index in [2.05, 4.69) is 50.7 Å². The smallest absolute Gasteiger partial charge is 0.138 e. The van der Waals surface area contributed by atoms with Crippen LogP contribution in [0.15, 0.2) is 36.8 Å². The molecule has 0 unspecified atom stereocenters. The van der Waals surface area contributed by atoms with Gasteiger partial charge in [0.2, 0.25) is 0 Å². The van der Waals surface area contributed by atoms with E-state index in [1.54, 1.807) is 6.33 Å². The highest BCUT2D eigenvalue weighted by Gasteiger charge is 2.19. The fraction of sp³-hybridized carbons (Fsp3) is 0.300. The number of fused-ring (bicyclic) bond motifs is 4. The van der Waals surface area contributed by atoms with Gasteiger partial charge in [-0.25, -0.2) is 9.97 Å². The molecular formula is C20H20N4S. The molecule has 3 heterocycles. The first-order valence-corrected chi connectivity index (χ1v) is 9.76. The SMILES string of the molecule is c1ccc2c(CCNc3ncnc4sc5c(c34)CCCC5)c[nH]c2c1. The number of thiophene rings is 1. The van der Waals surface area contributed by atoms with Crippen LogP contribution in [0, 0.1) is 0 Å². The minimum Gasteiger partial charge on any atom is -0.369 e. The van der Waals surface area contributed by atoms with E-state index in [0.29, 0.717) is 0 Å². The molecular weight excluding hydrogens is 328 g/mol. The second kappa shape index (κ2) is 6.15. The highest BCUT2D eigenvalue weighted by atomic mass is 32.1. The van der Waals surface area contributed by atoms with Crippen LogP contribution in [0.4, 0.5) is 5.82 Å². The number of H-pyrrole nitrogens is 1. The monoisotopic (exact) mass is 348 g/mol. The molecule has 5 rings (SSSR count). The van der Waals surface area contributed by atoms with Crippen LogP contribution in [0.1, 0.15) is 28.8 Å². The summed E-state index contributed by atoms with van der Waals surface area (Å²) in [6.45, 7) is 0.874. The molecule has 0 spiro atoms. The van der Waals surface area contributed by atoms with Gasteiger partial charge in [-0.2, -0.15) is 0 Å². The van der Waals surface area contributed by atoms with Crippen molar-refractivity contribution in [2.24, 2.45) is 0 Å². The second-order valence-corrected chi connectivity index (χ2v) is 7.73. The average Bonchev–Trinajstić information content (AvgIpc) is 3.23. The molecule has 0 fully saturated rings. The zero-order valence-electron chi connectivity index (χ0n) is 14.0. The maximum absolute atomic E-state index is 4.55. The van der Waals surface area contributed by atoms with Crippen LogP contribution in [-0.4, -0.2) is 21.5 Å². The minimum atomic E-state index is 0.874. The molecule has 1 aliphatic carbocycles. The zero-order chi connectivity index (χ0) is 16.6. The van der Waals surface area contributed by atoms with E-state index >= 15 is 0 Å². The predicted octanol–water partition coefficient (Wildman–Crippen LogP) is 4.71. The molecule has 126 valence electrons. The summed E-state index contributed by atoms with van der Waals surface area (Å²) in [6.07, 6.45) is 9.73. The number of hydrogen-bond donors (Lipinski definition) is 2. The standard InChI is InChI=1S/C20H20N4S/c1-3-7-16-14(5-1)13(11-22-16)9-10-21-19-18-15-6-2-4-8-17(15)25-20(18)24-12-23-19/h1,3,5,7,11-12,22H,2,4,6,8-10H2,(H,21,23,24). The molecule has 1 aromatic carbocycles. The van der Waals surface area contributed by atoms with Gasteiger partial charge >= 0.3 is 0 Å². The maximum atomic E-state index is 4.55. The number of aryl methyl sites for hydroxylation is 2. The number of nitrogens with zero attached hydrogens (tertiary/aromatic N) is 2. The highest BCUT2D eigenvalue weighted by Crippen LogP contribution is 2.38. The number of rotatable bonds is 4. The van der Waals surface area contributed by atoms with Gasteiger partial charge in [0.15, 0.2) is 0 Å². The van der Waals surface area contributed by atoms with Crippen molar-refractivity contribution in [2.45, 2.75) is 32.1 Å². The first-order chi connectivity index (χ1) is 12.4. The Morgan fingerprint density at radius 3 is 3.04 bits per heavy atom. The van der Waals surface area contributed by atoms with Crippen LogP contribution in [0.3, 0.4) is 0 Å². The third kappa shape index (κ3) is 2.59. The molecule has 3 aromatic heterocycles. The van der Waals surface area contributed by atoms with E-state index in [4.69, 9.17) is 0 Å². The van der Waals surface area contributed by atoms with Gasteiger partial charge < -0.3 is 10.3 Å². The van der Waals surface area contributed by atoms with Crippen molar-refractivity contribution in [3.63, 3.8) is 0 Å². The lowest BCUT2D eigenvalue weighted by molar-refractivity contribution is 0.700. The van der Waals surface area contributed by atoms with Crippen LogP contribution in [0.5, 0.6) is 0 Å². The summed E-state index contributed by atoms with van der Waals surface area (Å²) < 4.78 is 0. The quantitative estimate of drug-likeness (QED) is 0.562. The van der Waals surface area contributed by atoms with Crippen molar-refractivity contribution in [1.82, 2.24) is 15.0 Å². The number of nitrogens with one attached hydrogen (secondary N) is 2. The summed E-state index contributed by atoms with van der Waals surface area (Å²) in [4.78, 5) is 15.1. The second-order valence-electron chi connectivity index (χ2n) is 6.65. The van der Waals surface area contributed by atoms with Crippen molar-refractivity contribution in [3.05, 3.63) is 52.8 Å². The van der Waals surface area contributed by atoms with Crippen molar-refractivity contribution in [2.75, 3.05) is 11.9 Å². The molecule has 2 N–H and O–H groups in total. The molecule has 0 radical (unpaired) electrons. The van der Waals surface area contributed by atoms with Crippen LogP contribution < -0.4 is 5.32 Å². The van der Waals surface area contributed by atoms with Gasteiger partial charge in [-0.3, -0.25) is 0 Å². The average molecular weight is 348 g/mol. The summed E-state index contributed by atoms with van der Waals surface area (Å²) in [5.41, 5.74) is 4.04. The first-order valence-electron chi connectivity index (χ1n) is 8.94. The predicted molar refractivity (Wildman–Crippen MR) is 105 cm³/mol. The first kappa shape index (κ1) is 14.9. The van der Waals surface area contributed by atoms with Crippen LogP contribution in [0.25, 0.3) is 21.1 Å². The molecule has 0 amide bonds. The van der Waals surface area contributed by atoms with Gasteiger partial charge in [0.25, 0.3) is 0 Å². The Balaban J connectivity index is 1.40. The molecule has 25 heavy (non-hydrogen) atoms. The molecule has 0 aliphatic heterocycles. The van der Waals surface area contributed by atoms with Gasteiger partial charge in [0.1, 0.15) is 17.0 Å². The van der Waals surface area contributed by atoms with Gasteiger partial charge in [-0.05, 0) is 49.3 Å². The Morgan fingerprint density at radius 2 is 2.04 bits per heavy atom. The fourth-order valence-electron chi connectivity index (χ4n) is 3.88. The third-order valence-electron chi connectivity index (χ3n) is 5.11. The van der Waals surface area contributed by atoms with Crippen LogP contribution >= 0.6 is 11.3 Å². The minimum absolute atomic E-state index is 0.874. The Bertz CT molecular complexity index is 1050. The van der Waals surface area contributed by atoms with Crippen molar-refractivity contribution in [1.29, 1.82) is 0 Å².